The second kappa shape index (κ2) is 5.27. The number of hydrogen-bond donors (Lipinski definition) is 2. The highest BCUT2D eigenvalue weighted by molar-refractivity contribution is 6.20. The van der Waals surface area contributed by atoms with E-state index in [1.807, 2.05) is 0 Å². The summed E-state index contributed by atoms with van der Waals surface area (Å²) in [4.78, 5) is 25.1. The van der Waals surface area contributed by atoms with Gasteiger partial charge < -0.3 is 14.9 Å². The van der Waals surface area contributed by atoms with Gasteiger partial charge in [-0.3, -0.25) is 9.59 Å². The van der Waals surface area contributed by atoms with Gasteiger partial charge in [0.05, 0.1) is 18.6 Å². The number of aliphatic hydroxyl groups excluding tert-OH is 1. The third kappa shape index (κ3) is 2.07. The van der Waals surface area contributed by atoms with Gasteiger partial charge >= 0.3 is 0 Å². The number of hydrogen-bond acceptors (Lipinski definition) is 5. The number of Topliss-reactive ketones (excluding diaryl/α,β-unsaturated/α-hetero) is 2. The number of methoxy groups -OCH3 is 1. The molecule has 0 fully saturated rings. The minimum atomic E-state index is -1.51. The van der Waals surface area contributed by atoms with Crippen molar-refractivity contribution in [2.24, 2.45) is 0 Å². The molecule has 5 nitrogen and oxygen atoms in total. The van der Waals surface area contributed by atoms with Crippen LogP contribution in [0.4, 0.5) is 0 Å². The number of carbonyl (C=O) groups excluding carboxylic acids is 2. The normalized spacial score (nSPS) is 20.6. The maximum Gasteiger partial charge on any atom is 0.196 e. The van der Waals surface area contributed by atoms with Crippen molar-refractivity contribution in [1.82, 2.24) is 0 Å². The van der Waals surface area contributed by atoms with Crippen LogP contribution >= 0.6 is 0 Å². The monoisotopic (exact) mass is 298 g/mol. The van der Waals surface area contributed by atoms with E-state index in [0.717, 1.165) is 0 Å². The summed E-state index contributed by atoms with van der Waals surface area (Å²) in [5, 5.41) is 20.2. The Bertz CT molecular complexity index is 751. The Labute approximate surface area is 126 Å². The number of rotatable bonds is 2. The van der Waals surface area contributed by atoms with Gasteiger partial charge in [0.2, 0.25) is 0 Å². The largest absolute Gasteiger partial charge is 0.507 e. The van der Waals surface area contributed by atoms with E-state index in [-0.39, 0.29) is 22.6 Å². The standard InChI is InChI=1S/C17H14O5/c1-22-10-7-11-14(12(18)8-10)17(21)16(20)13(15(11)19)9-5-3-2-4-6-9/h2-8,13,16,18,20H,1H3. The third-order valence-electron chi connectivity index (χ3n) is 3.86. The average molecular weight is 298 g/mol. The van der Waals surface area contributed by atoms with Crippen molar-refractivity contribution >= 4 is 11.6 Å². The van der Waals surface area contributed by atoms with Crippen LogP contribution in [0.1, 0.15) is 32.2 Å². The number of carbonyl (C=O) groups is 2. The molecule has 2 aromatic rings. The second-order valence-electron chi connectivity index (χ2n) is 5.13. The Morgan fingerprint density at radius 2 is 1.73 bits per heavy atom. The van der Waals surface area contributed by atoms with Crippen molar-refractivity contribution in [1.29, 1.82) is 0 Å². The molecule has 112 valence electrons. The molecule has 0 amide bonds. The number of phenols is 1. The van der Waals surface area contributed by atoms with Crippen LogP contribution in [0.15, 0.2) is 42.5 Å². The van der Waals surface area contributed by atoms with Crippen molar-refractivity contribution in [3.8, 4) is 11.5 Å². The Hall–Kier alpha value is -2.66. The SMILES string of the molecule is COc1cc(O)c2c(c1)C(=O)C(c1ccccc1)C(O)C2=O. The molecule has 22 heavy (non-hydrogen) atoms. The van der Waals surface area contributed by atoms with E-state index >= 15 is 0 Å². The summed E-state index contributed by atoms with van der Waals surface area (Å²) in [6.07, 6.45) is -1.51. The number of phenolic OH excluding ortho intramolecular Hbond substituents is 1. The molecule has 0 saturated carbocycles. The first-order chi connectivity index (χ1) is 10.5. The first-order valence-electron chi connectivity index (χ1n) is 6.77. The molecule has 5 heteroatoms. The molecule has 2 N–H and O–H groups in total. The molecule has 0 saturated heterocycles. The Morgan fingerprint density at radius 3 is 2.36 bits per heavy atom. The average Bonchev–Trinajstić information content (AvgIpc) is 2.53. The molecular formula is C17H14O5. The third-order valence-corrected chi connectivity index (χ3v) is 3.86. The van der Waals surface area contributed by atoms with E-state index in [1.54, 1.807) is 30.3 Å². The van der Waals surface area contributed by atoms with Gasteiger partial charge in [-0.1, -0.05) is 30.3 Å². The van der Waals surface area contributed by atoms with Crippen LogP contribution in [0.5, 0.6) is 11.5 Å². The van der Waals surface area contributed by atoms with Gasteiger partial charge in [0.15, 0.2) is 11.6 Å². The zero-order valence-electron chi connectivity index (χ0n) is 11.8. The lowest BCUT2D eigenvalue weighted by atomic mass is 9.76. The predicted molar refractivity (Wildman–Crippen MR) is 78.5 cm³/mol. The van der Waals surface area contributed by atoms with E-state index in [1.165, 1.54) is 19.2 Å². The Balaban J connectivity index is 2.19. The van der Waals surface area contributed by atoms with Gasteiger partial charge in [-0.05, 0) is 11.6 Å². The summed E-state index contributed by atoms with van der Waals surface area (Å²) in [6.45, 7) is 0. The number of benzene rings is 2. The second-order valence-corrected chi connectivity index (χ2v) is 5.13. The fraction of sp³-hybridized carbons (Fsp3) is 0.176. The summed E-state index contributed by atoms with van der Waals surface area (Å²) in [5.41, 5.74) is 0.479. The molecule has 0 heterocycles. The maximum absolute atomic E-state index is 12.7. The maximum atomic E-state index is 12.7. The predicted octanol–water partition coefficient (Wildman–Crippen LogP) is 1.92. The van der Waals surface area contributed by atoms with Crippen LogP contribution in [0.2, 0.25) is 0 Å². The molecule has 3 rings (SSSR count). The molecule has 2 aromatic carbocycles. The Morgan fingerprint density at radius 1 is 1.05 bits per heavy atom. The van der Waals surface area contributed by atoms with E-state index in [4.69, 9.17) is 4.74 Å². The van der Waals surface area contributed by atoms with Crippen molar-refractivity contribution in [3.63, 3.8) is 0 Å². The van der Waals surface area contributed by atoms with Gasteiger partial charge in [-0.2, -0.15) is 0 Å². The zero-order chi connectivity index (χ0) is 15.9. The topological polar surface area (TPSA) is 83.8 Å². The molecule has 0 radical (unpaired) electrons. The molecule has 0 bridgehead atoms. The highest BCUT2D eigenvalue weighted by atomic mass is 16.5. The van der Waals surface area contributed by atoms with E-state index < -0.39 is 23.6 Å². The fourth-order valence-corrected chi connectivity index (χ4v) is 2.78. The van der Waals surface area contributed by atoms with Gasteiger partial charge in [0.1, 0.15) is 17.6 Å². The number of aliphatic hydroxyl groups is 1. The van der Waals surface area contributed by atoms with Crippen LogP contribution in [-0.2, 0) is 0 Å². The quantitative estimate of drug-likeness (QED) is 0.885. The minimum Gasteiger partial charge on any atom is -0.507 e. The number of fused-ring (bicyclic) bond motifs is 1. The molecule has 0 spiro atoms. The van der Waals surface area contributed by atoms with Crippen molar-refractivity contribution < 1.29 is 24.5 Å². The van der Waals surface area contributed by atoms with Crippen LogP contribution in [-0.4, -0.2) is 35.0 Å². The van der Waals surface area contributed by atoms with E-state index in [9.17, 15) is 19.8 Å². The van der Waals surface area contributed by atoms with Crippen LogP contribution in [0.25, 0.3) is 0 Å². The summed E-state index contributed by atoms with van der Waals surface area (Å²) in [6, 6.07) is 11.3. The Kier molecular flexibility index (Phi) is 3.42. The highest BCUT2D eigenvalue weighted by Gasteiger charge is 2.43. The van der Waals surface area contributed by atoms with E-state index in [0.29, 0.717) is 5.56 Å². The lowest BCUT2D eigenvalue weighted by Crippen LogP contribution is -2.39. The zero-order valence-corrected chi connectivity index (χ0v) is 11.8. The first kappa shape index (κ1) is 14.3. The van der Waals surface area contributed by atoms with Crippen LogP contribution < -0.4 is 4.74 Å². The summed E-state index contributed by atoms with van der Waals surface area (Å²) >= 11 is 0. The molecule has 2 atom stereocenters. The summed E-state index contributed by atoms with van der Waals surface area (Å²) in [7, 11) is 1.40. The molecule has 2 unspecified atom stereocenters. The van der Waals surface area contributed by atoms with E-state index in [2.05, 4.69) is 0 Å². The summed E-state index contributed by atoms with van der Waals surface area (Å²) in [5.74, 6) is -2.14. The molecule has 0 aliphatic heterocycles. The van der Waals surface area contributed by atoms with Crippen LogP contribution in [0.3, 0.4) is 0 Å². The first-order valence-corrected chi connectivity index (χ1v) is 6.77. The van der Waals surface area contributed by atoms with Gasteiger partial charge in [0.25, 0.3) is 0 Å². The van der Waals surface area contributed by atoms with Gasteiger partial charge in [-0.15, -0.1) is 0 Å². The smallest absolute Gasteiger partial charge is 0.196 e. The highest BCUT2D eigenvalue weighted by Crippen LogP contribution is 2.38. The lowest BCUT2D eigenvalue weighted by Gasteiger charge is -2.28. The van der Waals surface area contributed by atoms with Crippen molar-refractivity contribution in [2.45, 2.75) is 12.0 Å². The fourth-order valence-electron chi connectivity index (χ4n) is 2.78. The lowest BCUT2D eigenvalue weighted by molar-refractivity contribution is 0.0594. The number of ether oxygens (including phenoxy) is 1. The minimum absolute atomic E-state index is 0.0704. The van der Waals surface area contributed by atoms with Crippen molar-refractivity contribution in [3.05, 3.63) is 59.2 Å². The summed E-state index contributed by atoms with van der Waals surface area (Å²) < 4.78 is 5.03. The molecule has 1 aliphatic carbocycles. The van der Waals surface area contributed by atoms with Crippen molar-refractivity contribution in [2.75, 3.05) is 7.11 Å². The molecule has 1 aliphatic rings. The van der Waals surface area contributed by atoms with Gasteiger partial charge in [-0.25, -0.2) is 0 Å². The molecular weight excluding hydrogens is 284 g/mol. The molecule has 0 aromatic heterocycles. The van der Waals surface area contributed by atoms with Gasteiger partial charge in [0, 0.05) is 11.6 Å². The van der Waals surface area contributed by atoms with Crippen LogP contribution in [0, 0.1) is 0 Å². The number of aromatic hydroxyl groups is 1. The number of ketones is 2.